The number of non-ortho nitro benzene ring substituents is 1. The van der Waals surface area contributed by atoms with E-state index in [0.29, 0.717) is 11.6 Å². The van der Waals surface area contributed by atoms with Crippen LogP contribution in [0.5, 0.6) is 5.75 Å². The van der Waals surface area contributed by atoms with Crippen LogP contribution in [0, 0.1) is 20.2 Å². The van der Waals surface area contributed by atoms with E-state index in [0.717, 1.165) is 12.3 Å². The summed E-state index contributed by atoms with van der Waals surface area (Å²) in [5, 5.41) is 44.8. The molecule has 0 aliphatic heterocycles. The molecule has 26 heavy (non-hydrogen) atoms. The lowest BCUT2D eigenvalue weighted by molar-refractivity contribution is -0.394. The van der Waals surface area contributed by atoms with Gasteiger partial charge in [0.1, 0.15) is 0 Å². The molecule has 1 atom stereocenters. The van der Waals surface area contributed by atoms with Crippen molar-refractivity contribution in [2.45, 2.75) is 6.10 Å². The fraction of sp³-hybridized carbons (Fsp3) is 0.0667. The Bertz CT molecular complexity index is 883. The van der Waals surface area contributed by atoms with E-state index in [1.807, 2.05) is 5.43 Å². The highest BCUT2D eigenvalue weighted by atomic mass is 16.6. The van der Waals surface area contributed by atoms with Gasteiger partial charge in [-0.25, -0.2) is 5.43 Å². The number of aromatic hydroxyl groups is 1. The third kappa shape index (κ3) is 4.15. The molecule has 0 saturated heterocycles. The molecule has 0 unspecified atom stereocenters. The topological polar surface area (TPSA) is 168 Å². The lowest BCUT2D eigenvalue weighted by atomic mass is 10.1. The van der Waals surface area contributed by atoms with Gasteiger partial charge >= 0.3 is 5.69 Å². The number of carbonyl (C=O) groups is 1. The summed E-state index contributed by atoms with van der Waals surface area (Å²) in [5.41, 5.74) is 0.440. The van der Waals surface area contributed by atoms with Gasteiger partial charge in [-0.1, -0.05) is 30.3 Å². The zero-order valence-electron chi connectivity index (χ0n) is 13.0. The molecular formula is C15H12N4O7. The molecule has 0 aliphatic carbocycles. The number of benzene rings is 2. The SMILES string of the molecule is O=C(NN=Cc1cc([N+](=O)[O-])cc([N+](=O)[O-])c1O)[C@@H](O)c1ccccc1. The van der Waals surface area contributed by atoms with Gasteiger partial charge in [-0.05, 0) is 5.56 Å². The number of nitro groups is 2. The number of carbonyl (C=O) groups excluding carboxylic acids is 1. The van der Waals surface area contributed by atoms with Crippen LogP contribution in [0.1, 0.15) is 17.2 Å². The molecule has 0 radical (unpaired) electrons. The van der Waals surface area contributed by atoms with Crippen LogP contribution in [0.2, 0.25) is 0 Å². The van der Waals surface area contributed by atoms with Gasteiger partial charge in [0.05, 0.1) is 27.7 Å². The fourth-order valence-electron chi connectivity index (χ4n) is 1.98. The Morgan fingerprint density at radius 1 is 1.15 bits per heavy atom. The average molecular weight is 360 g/mol. The summed E-state index contributed by atoms with van der Waals surface area (Å²) >= 11 is 0. The van der Waals surface area contributed by atoms with E-state index in [2.05, 4.69) is 5.10 Å². The standard InChI is InChI=1S/C15H12N4O7/c20-13-10(6-11(18(23)24)7-12(13)19(25)26)8-16-17-15(22)14(21)9-4-2-1-3-5-9/h1-8,14,20-21H,(H,17,22)/t14-/m0/s1. The number of phenols is 1. The molecule has 2 rings (SSSR count). The summed E-state index contributed by atoms with van der Waals surface area (Å²) in [7, 11) is 0. The van der Waals surface area contributed by atoms with Crippen molar-refractivity contribution < 1.29 is 24.9 Å². The molecule has 3 N–H and O–H groups in total. The van der Waals surface area contributed by atoms with Crippen LogP contribution in [0.3, 0.4) is 0 Å². The van der Waals surface area contributed by atoms with Gasteiger partial charge in [0.15, 0.2) is 6.10 Å². The molecule has 2 aromatic rings. The third-order valence-electron chi connectivity index (χ3n) is 3.25. The lowest BCUT2D eigenvalue weighted by Crippen LogP contribution is -2.25. The fourth-order valence-corrected chi connectivity index (χ4v) is 1.98. The molecule has 0 saturated carbocycles. The second-order valence-electron chi connectivity index (χ2n) is 4.96. The van der Waals surface area contributed by atoms with Crippen LogP contribution in [-0.2, 0) is 4.79 Å². The van der Waals surface area contributed by atoms with Crippen LogP contribution in [0.4, 0.5) is 11.4 Å². The number of hydrogen-bond donors (Lipinski definition) is 3. The summed E-state index contributed by atoms with van der Waals surface area (Å²) in [4.78, 5) is 31.6. The van der Waals surface area contributed by atoms with Crippen molar-refractivity contribution >= 4 is 23.5 Å². The first-order chi connectivity index (χ1) is 12.3. The molecular weight excluding hydrogens is 348 g/mol. The Labute approximate surface area is 145 Å². The lowest BCUT2D eigenvalue weighted by Gasteiger charge is -2.08. The van der Waals surface area contributed by atoms with Gasteiger partial charge < -0.3 is 10.2 Å². The molecule has 0 aromatic heterocycles. The maximum absolute atomic E-state index is 11.8. The van der Waals surface area contributed by atoms with Crippen LogP contribution < -0.4 is 5.43 Å². The van der Waals surface area contributed by atoms with Crippen LogP contribution in [0.15, 0.2) is 47.6 Å². The monoisotopic (exact) mass is 360 g/mol. The minimum atomic E-state index is -1.51. The quantitative estimate of drug-likeness (QED) is 0.397. The third-order valence-corrected chi connectivity index (χ3v) is 3.25. The summed E-state index contributed by atoms with van der Waals surface area (Å²) in [6, 6.07) is 9.43. The van der Waals surface area contributed by atoms with Crippen molar-refractivity contribution in [3.8, 4) is 5.75 Å². The maximum atomic E-state index is 11.8. The number of aliphatic hydroxyl groups is 1. The molecule has 2 aromatic carbocycles. The first-order valence-electron chi connectivity index (χ1n) is 7.03. The van der Waals surface area contributed by atoms with Gasteiger partial charge in [-0.2, -0.15) is 5.10 Å². The van der Waals surface area contributed by atoms with Crippen molar-refractivity contribution in [3.63, 3.8) is 0 Å². The molecule has 11 nitrogen and oxygen atoms in total. The second-order valence-corrected chi connectivity index (χ2v) is 4.96. The molecule has 134 valence electrons. The summed E-state index contributed by atoms with van der Waals surface area (Å²) < 4.78 is 0. The summed E-state index contributed by atoms with van der Waals surface area (Å²) in [6.07, 6.45) is -0.716. The van der Waals surface area contributed by atoms with E-state index in [-0.39, 0.29) is 5.56 Å². The van der Waals surface area contributed by atoms with E-state index in [4.69, 9.17) is 0 Å². The largest absolute Gasteiger partial charge is 0.502 e. The number of phenolic OH excluding ortho intramolecular Hbond substituents is 1. The van der Waals surface area contributed by atoms with E-state index >= 15 is 0 Å². The highest BCUT2D eigenvalue weighted by Crippen LogP contribution is 2.33. The normalized spacial score (nSPS) is 11.9. The Morgan fingerprint density at radius 2 is 1.81 bits per heavy atom. The molecule has 0 spiro atoms. The zero-order valence-corrected chi connectivity index (χ0v) is 13.0. The predicted octanol–water partition coefficient (Wildman–Crippen LogP) is 1.39. The van der Waals surface area contributed by atoms with Gasteiger partial charge in [-0.15, -0.1) is 0 Å². The average Bonchev–Trinajstić information content (AvgIpc) is 2.62. The number of nitro benzene ring substituents is 2. The zero-order chi connectivity index (χ0) is 19.3. The number of aliphatic hydroxyl groups excluding tert-OH is 1. The number of hydrogen-bond acceptors (Lipinski definition) is 8. The Kier molecular flexibility index (Phi) is 5.55. The maximum Gasteiger partial charge on any atom is 0.318 e. The number of nitrogens with one attached hydrogen (secondary N) is 1. The van der Waals surface area contributed by atoms with Crippen LogP contribution >= 0.6 is 0 Å². The highest BCUT2D eigenvalue weighted by Gasteiger charge is 2.23. The summed E-state index contributed by atoms with van der Waals surface area (Å²) in [5.74, 6) is -1.74. The van der Waals surface area contributed by atoms with E-state index < -0.39 is 39.0 Å². The molecule has 11 heteroatoms. The first kappa shape index (κ1) is 18.5. The minimum Gasteiger partial charge on any atom is -0.502 e. The Hall–Kier alpha value is -3.86. The summed E-state index contributed by atoms with van der Waals surface area (Å²) in [6.45, 7) is 0. The van der Waals surface area contributed by atoms with E-state index in [9.17, 15) is 35.2 Å². The Balaban J connectivity index is 2.21. The van der Waals surface area contributed by atoms with E-state index in [1.165, 1.54) is 12.1 Å². The number of nitrogens with zero attached hydrogens (tertiary/aromatic N) is 3. The van der Waals surface area contributed by atoms with Gasteiger partial charge in [-0.3, -0.25) is 25.0 Å². The number of amides is 1. The predicted molar refractivity (Wildman–Crippen MR) is 88.6 cm³/mol. The molecule has 0 bridgehead atoms. The van der Waals surface area contributed by atoms with Crippen molar-refractivity contribution in [2.75, 3.05) is 0 Å². The molecule has 0 aliphatic rings. The molecule has 0 fully saturated rings. The van der Waals surface area contributed by atoms with Crippen molar-refractivity contribution in [1.29, 1.82) is 0 Å². The molecule has 0 heterocycles. The number of hydrazone groups is 1. The van der Waals surface area contributed by atoms with E-state index in [1.54, 1.807) is 18.2 Å². The van der Waals surface area contributed by atoms with Gasteiger partial charge in [0.2, 0.25) is 5.75 Å². The van der Waals surface area contributed by atoms with Crippen LogP contribution in [0.25, 0.3) is 0 Å². The smallest absolute Gasteiger partial charge is 0.318 e. The van der Waals surface area contributed by atoms with Crippen molar-refractivity contribution in [2.24, 2.45) is 5.10 Å². The number of rotatable bonds is 6. The minimum absolute atomic E-state index is 0.314. The second kappa shape index (κ2) is 7.81. The first-order valence-corrected chi connectivity index (χ1v) is 7.03. The van der Waals surface area contributed by atoms with Crippen molar-refractivity contribution in [3.05, 3.63) is 73.8 Å². The molecule has 1 amide bonds. The van der Waals surface area contributed by atoms with Crippen LogP contribution in [-0.4, -0.2) is 32.2 Å². The van der Waals surface area contributed by atoms with Gasteiger partial charge in [0.25, 0.3) is 11.6 Å². The van der Waals surface area contributed by atoms with Crippen molar-refractivity contribution in [1.82, 2.24) is 5.43 Å². The highest BCUT2D eigenvalue weighted by molar-refractivity contribution is 5.89. The van der Waals surface area contributed by atoms with Gasteiger partial charge in [0, 0.05) is 6.07 Å². The Morgan fingerprint density at radius 3 is 2.38 bits per heavy atom.